The van der Waals surface area contributed by atoms with E-state index in [0.29, 0.717) is 18.3 Å². The number of aromatic nitrogens is 2. The Bertz CT molecular complexity index is 431. The summed E-state index contributed by atoms with van der Waals surface area (Å²) in [4.78, 5) is 18.2. The fourth-order valence-electron chi connectivity index (χ4n) is 2.33. The predicted molar refractivity (Wildman–Crippen MR) is 68.5 cm³/mol. The standard InChI is InChI=1S/C13H21N3O3/c1-9(2)12-14-11(15-19-12)8-16-7-5-4-6-10(16)13(17)18-3/h9-10H,4-8H2,1-3H3/t10-/m1/s1. The molecule has 1 aliphatic heterocycles. The lowest BCUT2D eigenvalue weighted by Gasteiger charge is -2.32. The molecule has 1 saturated heterocycles. The summed E-state index contributed by atoms with van der Waals surface area (Å²) in [5, 5.41) is 3.97. The van der Waals surface area contributed by atoms with Crippen LogP contribution in [0.15, 0.2) is 4.52 Å². The second-order valence-corrected chi connectivity index (χ2v) is 5.21. The predicted octanol–water partition coefficient (Wildman–Crippen LogP) is 1.72. The summed E-state index contributed by atoms with van der Waals surface area (Å²) < 4.78 is 10.0. The van der Waals surface area contributed by atoms with Crippen molar-refractivity contribution >= 4 is 5.97 Å². The van der Waals surface area contributed by atoms with E-state index in [9.17, 15) is 4.79 Å². The van der Waals surface area contributed by atoms with Gasteiger partial charge < -0.3 is 9.26 Å². The van der Waals surface area contributed by atoms with Crippen molar-refractivity contribution in [2.45, 2.75) is 51.6 Å². The van der Waals surface area contributed by atoms with Crippen LogP contribution in [0.5, 0.6) is 0 Å². The maximum absolute atomic E-state index is 11.8. The molecule has 0 aromatic carbocycles. The number of likely N-dealkylation sites (tertiary alicyclic amines) is 1. The molecular formula is C13H21N3O3. The molecule has 0 saturated carbocycles. The lowest BCUT2D eigenvalue weighted by atomic mass is 10.0. The van der Waals surface area contributed by atoms with Gasteiger partial charge in [-0.15, -0.1) is 0 Å². The molecule has 0 aliphatic carbocycles. The van der Waals surface area contributed by atoms with Crippen molar-refractivity contribution in [3.63, 3.8) is 0 Å². The molecule has 106 valence electrons. The van der Waals surface area contributed by atoms with Gasteiger partial charge in [0.1, 0.15) is 6.04 Å². The zero-order chi connectivity index (χ0) is 13.8. The molecular weight excluding hydrogens is 246 g/mol. The van der Waals surface area contributed by atoms with E-state index in [2.05, 4.69) is 15.0 Å². The Hall–Kier alpha value is -1.43. The largest absolute Gasteiger partial charge is 0.468 e. The fraction of sp³-hybridized carbons (Fsp3) is 0.769. The summed E-state index contributed by atoms with van der Waals surface area (Å²) in [6, 6.07) is -0.181. The first-order valence-corrected chi connectivity index (χ1v) is 6.76. The second kappa shape index (κ2) is 6.14. The molecule has 6 nitrogen and oxygen atoms in total. The van der Waals surface area contributed by atoms with Gasteiger partial charge in [-0.2, -0.15) is 4.98 Å². The van der Waals surface area contributed by atoms with Crippen molar-refractivity contribution in [2.75, 3.05) is 13.7 Å². The van der Waals surface area contributed by atoms with Crippen LogP contribution in [0.4, 0.5) is 0 Å². The van der Waals surface area contributed by atoms with Gasteiger partial charge in [-0.1, -0.05) is 25.4 Å². The minimum absolute atomic E-state index is 0.174. The van der Waals surface area contributed by atoms with Crippen molar-refractivity contribution in [1.29, 1.82) is 0 Å². The van der Waals surface area contributed by atoms with Crippen molar-refractivity contribution in [2.24, 2.45) is 0 Å². The fourth-order valence-corrected chi connectivity index (χ4v) is 2.33. The van der Waals surface area contributed by atoms with E-state index < -0.39 is 0 Å². The monoisotopic (exact) mass is 267 g/mol. The topological polar surface area (TPSA) is 68.5 Å². The first-order valence-electron chi connectivity index (χ1n) is 6.76. The number of carbonyl (C=O) groups excluding carboxylic acids is 1. The van der Waals surface area contributed by atoms with Crippen molar-refractivity contribution in [1.82, 2.24) is 15.0 Å². The SMILES string of the molecule is COC(=O)[C@H]1CCCCN1Cc1noc(C(C)C)n1. The summed E-state index contributed by atoms with van der Waals surface area (Å²) in [5.74, 6) is 1.33. The maximum Gasteiger partial charge on any atom is 0.323 e. The summed E-state index contributed by atoms with van der Waals surface area (Å²) >= 11 is 0. The van der Waals surface area contributed by atoms with E-state index in [1.807, 2.05) is 13.8 Å². The molecule has 2 rings (SSSR count). The van der Waals surface area contributed by atoms with Crippen LogP contribution in [0.1, 0.15) is 50.7 Å². The molecule has 1 atom stereocenters. The Kier molecular flexibility index (Phi) is 4.52. The highest BCUT2D eigenvalue weighted by Gasteiger charge is 2.30. The van der Waals surface area contributed by atoms with Gasteiger partial charge in [0.15, 0.2) is 5.82 Å². The van der Waals surface area contributed by atoms with Gasteiger partial charge in [-0.05, 0) is 19.4 Å². The number of methoxy groups -OCH3 is 1. The highest BCUT2D eigenvalue weighted by molar-refractivity contribution is 5.75. The van der Waals surface area contributed by atoms with Gasteiger partial charge in [-0.3, -0.25) is 9.69 Å². The number of rotatable bonds is 4. The number of hydrogen-bond acceptors (Lipinski definition) is 6. The average molecular weight is 267 g/mol. The quantitative estimate of drug-likeness (QED) is 0.774. The maximum atomic E-state index is 11.8. The van der Waals surface area contributed by atoms with Gasteiger partial charge >= 0.3 is 5.97 Å². The highest BCUT2D eigenvalue weighted by atomic mass is 16.5. The smallest absolute Gasteiger partial charge is 0.323 e. The van der Waals surface area contributed by atoms with Crippen LogP contribution in [-0.4, -0.2) is 40.7 Å². The number of piperidine rings is 1. The van der Waals surface area contributed by atoms with E-state index in [1.54, 1.807) is 0 Å². The minimum Gasteiger partial charge on any atom is -0.468 e. The molecule has 0 unspecified atom stereocenters. The van der Waals surface area contributed by atoms with Crippen LogP contribution in [0.3, 0.4) is 0 Å². The lowest BCUT2D eigenvalue weighted by molar-refractivity contribution is -0.148. The third-order valence-corrected chi connectivity index (χ3v) is 3.41. The molecule has 0 radical (unpaired) electrons. The Balaban J connectivity index is 2.04. The molecule has 1 aliphatic rings. The van der Waals surface area contributed by atoms with E-state index in [-0.39, 0.29) is 17.9 Å². The Morgan fingerprint density at radius 3 is 2.95 bits per heavy atom. The molecule has 0 N–H and O–H groups in total. The molecule has 19 heavy (non-hydrogen) atoms. The normalized spacial score (nSPS) is 20.7. The number of hydrogen-bond donors (Lipinski definition) is 0. The zero-order valence-corrected chi connectivity index (χ0v) is 11.8. The molecule has 1 fully saturated rings. The van der Waals surface area contributed by atoms with E-state index in [4.69, 9.17) is 9.26 Å². The van der Waals surface area contributed by atoms with Gasteiger partial charge in [0.2, 0.25) is 5.89 Å². The first kappa shape index (κ1) is 14.0. The van der Waals surface area contributed by atoms with E-state index >= 15 is 0 Å². The Labute approximate surface area is 113 Å². The first-order chi connectivity index (χ1) is 9.11. The van der Waals surface area contributed by atoms with Gasteiger partial charge in [0.25, 0.3) is 0 Å². The third-order valence-electron chi connectivity index (χ3n) is 3.41. The van der Waals surface area contributed by atoms with Crippen LogP contribution in [-0.2, 0) is 16.1 Å². The number of ether oxygens (including phenoxy) is 1. The minimum atomic E-state index is -0.181. The molecule has 1 aromatic heterocycles. The van der Waals surface area contributed by atoms with Gasteiger partial charge in [0, 0.05) is 5.92 Å². The van der Waals surface area contributed by atoms with Crippen LogP contribution in [0.2, 0.25) is 0 Å². The van der Waals surface area contributed by atoms with Crippen LogP contribution in [0.25, 0.3) is 0 Å². The molecule has 2 heterocycles. The van der Waals surface area contributed by atoms with Crippen molar-refractivity contribution in [3.05, 3.63) is 11.7 Å². The van der Waals surface area contributed by atoms with Crippen molar-refractivity contribution in [3.8, 4) is 0 Å². The number of carbonyl (C=O) groups is 1. The van der Waals surface area contributed by atoms with Crippen LogP contribution < -0.4 is 0 Å². The van der Waals surface area contributed by atoms with Gasteiger partial charge in [-0.25, -0.2) is 0 Å². The van der Waals surface area contributed by atoms with E-state index in [1.165, 1.54) is 7.11 Å². The molecule has 1 aromatic rings. The second-order valence-electron chi connectivity index (χ2n) is 5.21. The molecule has 0 bridgehead atoms. The van der Waals surface area contributed by atoms with Gasteiger partial charge in [0.05, 0.1) is 13.7 Å². The molecule has 6 heteroatoms. The average Bonchev–Trinajstić information content (AvgIpc) is 2.87. The summed E-state index contributed by atoms with van der Waals surface area (Å²) in [5.41, 5.74) is 0. The summed E-state index contributed by atoms with van der Waals surface area (Å²) in [6.45, 7) is 5.42. The summed E-state index contributed by atoms with van der Waals surface area (Å²) in [7, 11) is 1.43. The number of nitrogens with zero attached hydrogens (tertiary/aromatic N) is 3. The number of esters is 1. The molecule has 0 spiro atoms. The zero-order valence-electron chi connectivity index (χ0n) is 11.8. The molecule has 0 amide bonds. The van der Waals surface area contributed by atoms with Crippen molar-refractivity contribution < 1.29 is 14.1 Å². The Morgan fingerprint density at radius 2 is 2.32 bits per heavy atom. The third kappa shape index (κ3) is 3.32. The van der Waals surface area contributed by atoms with Crippen LogP contribution in [0, 0.1) is 0 Å². The highest BCUT2D eigenvalue weighted by Crippen LogP contribution is 2.20. The lowest BCUT2D eigenvalue weighted by Crippen LogP contribution is -2.44. The van der Waals surface area contributed by atoms with E-state index in [0.717, 1.165) is 25.8 Å². The van der Waals surface area contributed by atoms with Crippen LogP contribution >= 0.6 is 0 Å². The Morgan fingerprint density at radius 1 is 1.53 bits per heavy atom. The summed E-state index contributed by atoms with van der Waals surface area (Å²) in [6.07, 6.45) is 2.98.